The van der Waals surface area contributed by atoms with Gasteiger partial charge in [0.1, 0.15) is 22.6 Å². The maximum Gasteiger partial charge on any atom is 0.404 e. The number of thioether (sulfide) groups is 1. The van der Waals surface area contributed by atoms with E-state index in [0.717, 1.165) is 16.0 Å². The number of carbonyl (C=O) groups excluding carboxylic acids is 1. The maximum absolute atomic E-state index is 13.4. The van der Waals surface area contributed by atoms with Gasteiger partial charge in [-0.15, -0.1) is 23.1 Å². The van der Waals surface area contributed by atoms with E-state index < -0.39 is 22.6 Å². The van der Waals surface area contributed by atoms with Crippen LogP contribution in [-0.2, 0) is 25.4 Å². The van der Waals surface area contributed by atoms with Crippen molar-refractivity contribution in [3.8, 4) is 10.7 Å². The van der Waals surface area contributed by atoms with E-state index >= 15 is 0 Å². The Bertz CT molecular complexity index is 1560. The Balaban J connectivity index is 1.87. The first kappa shape index (κ1) is 22.8. The lowest BCUT2D eigenvalue weighted by atomic mass is 10.2. The molecule has 5 rings (SSSR count). The first-order valence-electron chi connectivity index (χ1n) is 10.2. The standard InChI is InChI=1S/C21H20ClN5O5S2/c1-9-8-33-18(24-9)15-13-14(25(2)21(30)26(3)19(13)28)16-17(11-4-5-12(22)32-11)34-10(6-27(15)16)7-31-20(23)29/h4-5,8,10,17H,6-7H2,1-3H3,(H2,23,29)/t10-,17-/m1/s1. The van der Waals surface area contributed by atoms with Crippen LogP contribution < -0.4 is 17.0 Å². The van der Waals surface area contributed by atoms with Crippen molar-refractivity contribution in [1.82, 2.24) is 18.7 Å². The van der Waals surface area contributed by atoms with E-state index in [0.29, 0.717) is 33.9 Å². The molecule has 13 heteroatoms. The van der Waals surface area contributed by atoms with Crippen LogP contribution in [-0.4, -0.2) is 36.6 Å². The van der Waals surface area contributed by atoms with E-state index in [9.17, 15) is 14.4 Å². The maximum atomic E-state index is 13.4. The molecule has 0 aromatic carbocycles. The lowest BCUT2D eigenvalue weighted by Gasteiger charge is -2.30. The molecule has 0 saturated carbocycles. The van der Waals surface area contributed by atoms with Crippen LogP contribution in [0.4, 0.5) is 4.79 Å². The highest BCUT2D eigenvalue weighted by Crippen LogP contribution is 2.49. The number of carbonyl (C=O) groups is 1. The fourth-order valence-electron chi connectivity index (χ4n) is 4.32. The average Bonchev–Trinajstić information content (AvgIpc) is 3.50. The van der Waals surface area contributed by atoms with Gasteiger partial charge >= 0.3 is 11.8 Å². The molecule has 1 aliphatic rings. The van der Waals surface area contributed by atoms with Gasteiger partial charge in [0.2, 0.25) is 0 Å². The van der Waals surface area contributed by atoms with Crippen molar-refractivity contribution in [2.75, 3.05) is 6.61 Å². The molecule has 0 radical (unpaired) electrons. The number of ether oxygens (including phenoxy) is 1. The molecule has 4 aromatic heterocycles. The van der Waals surface area contributed by atoms with Gasteiger partial charge in [-0.2, -0.15) is 0 Å². The number of amides is 1. The molecule has 5 heterocycles. The zero-order chi connectivity index (χ0) is 24.3. The second kappa shape index (κ2) is 8.36. The lowest BCUT2D eigenvalue weighted by Crippen LogP contribution is -2.37. The number of aryl methyl sites for hydroxylation is 2. The quantitative estimate of drug-likeness (QED) is 0.437. The zero-order valence-corrected chi connectivity index (χ0v) is 20.8. The van der Waals surface area contributed by atoms with E-state index in [4.69, 9.17) is 26.5 Å². The Kier molecular flexibility index (Phi) is 5.61. The number of primary amides is 1. The summed E-state index contributed by atoms with van der Waals surface area (Å²) in [5.74, 6) is 0.550. The van der Waals surface area contributed by atoms with Gasteiger partial charge in [-0.25, -0.2) is 14.6 Å². The fraction of sp³-hybridized carbons (Fsp3) is 0.333. The average molecular weight is 522 g/mol. The molecule has 0 fully saturated rings. The fourth-order valence-corrected chi connectivity index (χ4v) is 6.73. The monoisotopic (exact) mass is 521 g/mol. The van der Waals surface area contributed by atoms with E-state index in [1.165, 1.54) is 34.7 Å². The lowest BCUT2D eigenvalue weighted by molar-refractivity contribution is 0.155. The molecule has 0 spiro atoms. The van der Waals surface area contributed by atoms with Gasteiger partial charge in [-0.1, -0.05) is 0 Å². The molecule has 0 aliphatic carbocycles. The summed E-state index contributed by atoms with van der Waals surface area (Å²) in [6, 6.07) is 3.40. The van der Waals surface area contributed by atoms with Crippen molar-refractivity contribution in [2.45, 2.75) is 24.0 Å². The predicted molar refractivity (Wildman–Crippen MR) is 131 cm³/mol. The number of furan rings is 1. The summed E-state index contributed by atoms with van der Waals surface area (Å²) < 4.78 is 15.4. The summed E-state index contributed by atoms with van der Waals surface area (Å²) in [5, 5.41) is 2.53. The number of aromatic nitrogens is 4. The number of nitrogens with zero attached hydrogens (tertiary/aromatic N) is 4. The second-order valence-corrected chi connectivity index (χ2v) is 10.6. The summed E-state index contributed by atoms with van der Waals surface area (Å²) in [4.78, 5) is 42.3. The molecule has 0 bridgehead atoms. The largest absolute Gasteiger partial charge is 0.448 e. The number of hydrogen-bond acceptors (Lipinski definition) is 8. The van der Waals surface area contributed by atoms with Crippen LogP contribution >= 0.6 is 34.7 Å². The third-order valence-corrected chi connectivity index (χ3v) is 8.32. The zero-order valence-electron chi connectivity index (χ0n) is 18.4. The van der Waals surface area contributed by atoms with Crippen molar-refractivity contribution in [2.24, 2.45) is 19.8 Å². The Morgan fingerprint density at radius 3 is 2.71 bits per heavy atom. The summed E-state index contributed by atoms with van der Waals surface area (Å²) >= 11 is 8.99. The number of halogens is 1. The SMILES string of the molecule is Cc1csc(-c2c3c(=O)n(C)c(=O)n(C)c3c3n2C[C@H](COC(N)=O)S[C@@H]3c2ccc(Cl)o2)n1. The van der Waals surface area contributed by atoms with Crippen molar-refractivity contribution < 1.29 is 13.9 Å². The first-order chi connectivity index (χ1) is 16.2. The second-order valence-electron chi connectivity index (χ2n) is 7.98. The molecule has 0 unspecified atom stereocenters. The van der Waals surface area contributed by atoms with Crippen molar-refractivity contribution in [3.05, 3.63) is 60.7 Å². The number of rotatable bonds is 4. The van der Waals surface area contributed by atoms with Crippen LogP contribution in [0.1, 0.15) is 22.4 Å². The van der Waals surface area contributed by atoms with Gasteiger partial charge in [-0.3, -0.25) is 13.9 Å². The number of thiazole rings is 1. The molecule has 2 N–H and O–H groups in total. The smallest absolute Gasteiger partial charge is 0.404 e. The Morgan fingerprint density at radius 1 is 1.32 bits per heavy atom. The van der Waals surface area contributed by atoms with Gasteiger partial charge < -0.3 is 19.5 Å². The molecule has 178 valence electrons. The van der Waals surface area contributed by atoms with Crippen LogP contribution in [0.2, 0.25) is 5.22 Å². The third-order valence-electron chi connectivity index (χ3n) is 5.75. The first-order valence-corrected chi connectivity index (χ1v) is 12.4. The normalized spacial score (nSPS) is 17.8. The van der Waals surface area contributed by atoms with Gasteiger partial charge in [0, 0.05) is 31.7 Å². The van der Waals surface area contributed by atoms with Crippen LogP contribution in [0.25, 0.3) is 21.6 Å². The number of hydrogen-bond donors (Lipinski definition) is 1. The molecule has 1 aliphatic heterocycles. The molecule has 34 heavy (non-hydrogen) atoms. The van der Waals surface area contributed by atoms with E-state index in [1.54, 1.807) is 19.2 Å². The predicted octanol–water partition coefficient (Wildman–Crippen LogP) is 3.02. The van der Waals surface area contributed by atoms with Gasteiger partial charge in [0.05, 0.1) is 27.5 Å². The number of nitrogens with two attached hydrogens (primary N) is 1. The molecule has 1 amide bonds. The minimum absolute atomic E-state index is 0.0617. The highest BCUT2D eigenvalue weighted by atomic mass is 35.5. The van der Waals surface area contributed by atoms with E-state index in [1.807, 2.05) is 16.9 Å². The highest BCUT2D eigenvalue weighted by molar-refractivity contribution is 8.00. The summed E-state index contributed by atoms with van der Waals surface area (Å²) in [7, 11) is 3.10. The van der Waals surface area contributed by atoms with Crippen LogP contribution in [0.3, 0.4) is 0 Å². The molecular formula is C21H20ClN5O5S2. The summed E-state index contributed by atoms with van der Waals surface area (Å²) in [6.45, 7) is 2.34. The molecule has 4 aromatic rings. The molecular weight excluding hydrogens is 502 g/mol. The van der Waals surface area contributed by atoms with Crippen molar-refractivity contribution in [3.63, 3.8) is 0 Å². The Morgan fingerprint density at radius 2 is 2.09 bits per heavy atom. The van der Waals surface area contributed by atoms with E-state index in [-0.39, 0.29) is 17.1 Å². The molecule has 10 nitrogen and oxygen atoms in total. The van der Waals surface area contributed by atoms with Gasteiger partial charge in [0.15, 0.2) is 5.22 Å². The van der Waals surface area contributed by atoms with Gasteiger partial charge in [-0.05, 0) is 30.7 Å². The van der Waals surface area contributed by atoms with Crippen molar-refractivity contribution >= 4 is 51.7 Å². The topological polar surface area (TPSA) is 127 Å². The molecule has 0 saturated heterocycles. The van der Waals surface area contributed by atoms with Crippen LogP contribution in [0.5, 0.6) is 0 Å². The van der Waals surface area contributed by atoms with Crippen molar-refractivity contribution in [1.29, 1.82) is 0 Å². The minimum atomic E-state index is -0.867. The van der Waals surface area contributed by atoms with Crippen LogP contribution in [0.15, 0.2) is 31.5 Å². The molecule has 2 atom stereocenters. The third kappa shape index (κ3) is 3.56. The highest BCUT2D eigenvalue weighted by Gasteiger charge is 2.38. The van der Waals surface area contributed by atoms with Gasteiger partial charge in [0.25, 0.3) is 5.56 Å². The van der Waals surface area contributed by atoms with E-state index in [2.05, 4.69) is 4.98 Å². The summed E-state index contributed by atoms with van der Waals surface area (Å²) in [5.41, 5.74) is 7.03. The Hall–Kier alpha value is -2.96. The van der Waals surface area contributed by atoms with Crippen LogP contribution in [0, 0.1) is 6.92 Å². The summed E-state index contributed by atoms with van der Waals surface area (Å²) in [6.07, 6.45) is -0.867. The Labute approximate surface area is 205 Å². The minimum Gasteiger partial charge on any atom is -0.448 e. The number of fused-ring (bicyclic) bond motifs is 3.